The Labute approximate surface area is 143 Å². The number of ether oxygens (including phenoxy) is 1. The first kappa shape index (κ1) is 15.8. The first-order valence-corrected chi connectivity index (χ1v) is 9.11. The number of nitrogens with one attached hydrogen (secondary N) is 1. The van der Waals surface area contributed by atoms with Crippen molar-refractivity contribution in [2.75, 3.05) is 32.1 Å². The summed E-state index contributed by atoms with van der Waals surface area (Å²) in [6, 6.07) is 2.04. The summed E-state index contributed by atoms with van der Waals surface area (Å²) in [4.78, 5) is 11.3. The maximum absolute atomic E-state index is 5.54. The van der Waals surface area contributed by atoms with Gasteiger partial charge in [-0.2, -0.15) is 0 Å². The van der Waals surface area contributed by atoms with Gasteiger partial charge in [0.2, 0.25) is 5.78 Å². The number of likely N-dealkylation sites (tertiary alicyclic amines) is 1. The molecule has 0 unspecified atom stereocenters. The minimum Gasteiger partial charge on any atom is -0.381 e. The zero-order valence-corrected chi connectivity index (χ0v) is 14.4. The lowest BCUT2D eigenvalue weighted by Gasteiger charge is -2.45. The van der Waals surface area contributed by atoms with E-state index in [0.29, 0.717) is 6.10 Å². The topological polar surface area (TPSA) is 54.7 Å². The van der Waals surface area contributed by atoms with Crippen LogP contribution in [0, 0.1) is 0 Å². The first-order valence-electron chi connectivity index (χ1n) is 9.11. The molecule has 2 aromatic rings. The van der Waals surface area contributed by atoms with E-state index in [1.165, 1.54) is 25.7 Å². The Morgan fingerprint density at radius 2 is 1.96 bits per heavy atom. The summed E-state index contributed by atoms with van der Waals surface area (Å²) in [5, 5.41) is 3.69. The third kappa shape index (κ3) is 2.89. The van der Waals surface area contributed by atoms with Crippen LogP contribution in [0.2, 0.25) is 0 Å². The number of hydrogen-bond acceptors (Lipinski definition) is 5. The van der Waals surface area contributed by atoms with Crippen LogP contribution in [0.15, 0.2) is 24.7 Å². The van der Waals surface area contributed by atoms with Crippen molar-refractivity contribution in [2.45, 2.75) is 50.2 Å². The summed E-state index contributed by atoms with van der Waals surface area (Å²) >= 11 is 0. The Morgan fingerprint density at radius 1 is 1.21 bits per heavy atom. The molecule has 24 heavy (non-hydrogen) atoms. The lowest BCUT2D eigenvalue weighted by molar-refractivity contribution is 0.00110. The van der Waals surface area contributed by atoms with Gasteiger partial charge in [0.15, 0.2) is 0 Å². The van der Waals surface area contributed by atoms with E-state index in [2.05, 4.69) is 20.2 Å². The van der Waals surface area contributed by atoms with E-state index in [-0.39, 0.29) is 5.54 Å². The van der Waals surface area contributed by atoms with Gasteiger partial charge >= 0.3 is 0 Å². The predicted octanol–water partition coefficient (Wildman–Crippen LogP) is 2.56. The number of fused-ring (bicyclic) bond motifs is 1. The number of aromatic nitrogens is 3. The molecule has 0 spiro atoms. The zero-order valence-electron chi connectivity index (χ0n) is 14.4. The number of methoxy groups -OCH3 is 1. The summed E-state index contributed by atoms with van der Waals surface area (Å²) in [6.45, 7) is 3.29. The van der Waals surface area contributed by atoms with Gasteiger partial charge in [0.05, 0.1) is 6.10 Å². The molecule has 0 amide bonds. The molecule has 1 aliphatic carbocycles. The van der Waals surface area contributed by atoms with Crippen LogP contribution in [0.5, 0.6) is 0 Å². The van der Waals surface area contributed by atoms with E-state index >= 15 is 0 Å². The molecule has 1 saturated heterocycles. The standard InChI is InChI=1S/C18H27N5O/c1-24-15-5-11-22(12-6-15)18(7-2-3-8-18)14-21-16-4-9-19-17-20-10-13-23(16)17/h4,9-10,13,15,21H,2-3,5-8,11-12,14H2,1H3. The van der Waals surface area contributed by atoms with Crippen molar-refractivity contribution in [2.24, 2.45) is 0 Å². The van der Waals surface area contributed by atoms with Crippen molar-refractivity contribution in [1.29, 1.82) is 0 Å². The largest absolute Gasteiger partial charge is 0.381 e. The smallest absolute Gasteiger partial charge is 0.235 e. The van der Waals surface area contributed by atoms with Gasteiger partial charge in [-0.3, -0.25) is 9.30 Å². The number of piperidine rings is 1. The molecule has 1 aliphatic heterocycles. The van der Waals surface area contributed by atoms with Crippen molar-refractivity contribution in [1.82, 2.24) is 19.3 Å². The Hall–Kier alpha value is -1.66. The van der Waals surface area contributed by atoms with Crippen LogP contribution in [0.3, 0.4) is 0 Å². The number of nitrogens with zero attached hydrogens (tertiary/aromatic N) is 4. The minimum absolute atomic E-state index is 0.287. The van der Waals surface area contributed by atoms with Gasteiger partial charge in [0, 0.05) is 50.9 Å². The third-order valence-corrected chi connectivity index (χ3v) is 5.88. The summed E-state index contributed by atoms with van der Waals surface area (Å²) in [5.74, 6) is 1.83. The van der Waals surface area contributed by atoms with Gasteiger partial charge in [-0.1, -0.05) is 12.8 Å². The Balaban J connectivity index is 1.49. The molecule has 1 saturated carbocycles. The van der Waals surface area contributed by atoms with E-state index < -0.39 is 0 Å². The maximum atomic E-state index is 5.54. The molecule has 0 bridgehead atoms. The van der Waals surface area contributed by atoms with Gasteiger partial charge < -0.3 is 10.1 Å². The predicted molar refractivity (Wildman–Crippen MR) is 94.3 cm³/mol. The molecule has 4 rings (SSSR count). The molecule has 2 aromatic heterocycles. The highest BCUT2D eigenvalue weighted by molar-refractivity contribution is 5.44. The van der Waals surface area contributed by atoms with Crippen LogP contribution >= 0.6 is 0 Å². The normalized spacial score (nSPS) is 22.2. The molecule has 0 aromatic carbocycles. The summed E-state index contributed by atoms with van der Waals surface area (Å²) in [5.41, 5.74) is 0.287. The molecule has 6 nitrogen and oxygen atoms in total. The van der Waals surface area contributed by atoms with Crippen molar-refractivity contribution >= 4 is 11.6 Å². The second-order valence-corrected chi connectivity index (χ2v) is 7.13. The highest BCUT2D eigenvalue weighted by atomic mass is 16.5. The molecule has 0 atom stereocenters. The molecule has 130 valence electrons. The molecule has 1 N–H and O–H groups in total. The van der Waals surface area contributed by atoms with E-state index in [4.69, 9.17) is 4.74 Å². The molecule has 0 radical (unpaired) electrons. The van der Waals surface area contributed by atoms with Gasteiger partial charge in [0.1, 0.15) is 5.82 Å². The van der Waals surface area contributed by atoms with Crippen LogP contribution in [-0.4, -0.2) is 57.7 Å². The lowest BCUT2D eigenvalue weighted by Crippen LogP contribution is -2.55. The van der Waals surface area contributed by atoms with Crippen LogP contribution in [0.25, 0.3) is 5.78 Å². The van der Waals surface area contributed by atoms with E-state index in [1.807, 2.05) is 30.0 Å². The van der Waals surface area contributed by atoms with Crippen LogP contribution < -0.4 is 5.32 Å². The van der Waals surface area contributed by atoms with E-state index in [1.54, 1.807) is 6.20 Å². The van der Waals surface area contributed by atoms with Gasteiger partial charge in [-0.25, -0.2) is 9.97 Å². The summed E-state index contributed by atoms with van der Waals surface area (Å²) < 4.78 is 7.57. The molecular formula is C18H27N5O. The molecule has 2 aliphatic rings. The average Bonchev–Trinajstić information content (AvgIpc) is 3.30. The van der Waals surface area contributed by atoms with Crippen molar-refractivity contribution in [3.8, 4) is 0 Å². The third-order valence-electron chi connectivity index (χ3n) is 5.88. The quantitative estimate of drug-likeness (QED) is 0.914. The first-order chi connectivity index (χ1) is 11.8. The number of imidazole rings is 1. The lowest BCUT2D eigenvalue weighted by atomic mass is 9.91. The number of anilines is 1. The minimum atomic E-state index is 0.287. The molecular weight excluding hydrogens is 302 g/mol. The van der Waals surface area contributed by atoms with E-state index in [9.17, 15) is 0 Å². The van der Waals surface area contributed by atoms with Crippen LogP contribution in [-0.2, 0) is 4.74 Å². The van der Waals surface area contributed by atoms with Crippen molar-refractivity contribution in [3.63, 3.8) is 0 Å². The van der Waals surface area contributed by atoms with Crippen molar-refractivity contribution < 1.29 is 4.74 Å². The zero-order chi connectivity index (χ0) is 16.4. The van der Waals surface area contributed by atoms with Gasteiger partial charge in [-0.05, 0) is 31.7 Å². The second kappa shape index (κ2) is 6.69. The SMILES string of the molecule is COC1CCN(C2(CNc3ccnc4nccn34)CCCC2)CC1. The fraction of sp³-hybridized carbons (Fsp3) is 0.667. The second-order valence-electron chi connectivity index (χ2n) is 7.13. The highest BCUT2D eigenvalue weighted by Gasteiger charge is 2.40. The van der Waals surface area contributed by atoms with Crippen LogP contribution in [0.4, 0.5) is 5.82 Å². The van der Waals surface area contributed by atoms with Gasteiger partial charge in [0.25, 0.3) is 0 Å². The fourth-order valence-electron chi connectivity index (χ4n) is 4.44. The summed E-state index contributed by atoms with van der Waals surface area (Å²) in [7, 11) is 1.84. The Morgan fingerprint density at radius 3 is 2.71 bits per heavy atom. The van der Waals surface area contributed by atoms with E-state index in [0.717, 1.165) is 44.1 Å². The van der Waals surface area contributed by atoms with Crippen molar-refractivity contribution in [3.05, 3.63) is 24.7 Å². The molecule has 6 heteroatoms. The Bertz CT molecular complexity index is 671. The van der Waals surface area contributed by atoms with Crippen LogP contribution in [0.1, 0.15) is 38.5 Å². The molecule has 2 fully saturated rings. The number of hydrogen-bond donors (Lipinski definition) is 1. The Kier molecular flexibility index (Phi) is 4.41. The fourth-order valence-corrected chi connectivity index (χ4v) is 4.44. The maximum Gasteiger partial charge on any atom is 0.235 e. The molecule has 3 heterocycles. The highest BCUT2D eigenvalue weighted by Crippen LogP contribution is 2.37. The van der Waals surface area contributed by atoms with Gasteiger partial charge in [-0.15, -0.1) is 0 Å². The average molecular weight is 329 g/mol. The summed E-state index contributed by atoms with van der Waals surface area (Å²) in [6.07, 6.45) is 13.6. The monoisotopic (exact) mass is 329 g/mol. The number of rotatable bonds is 5.